The van der Waals surface area contributed by atoms with Crippen LogP contribution >= 0.6 is 0 Å². The highest BCUT2D eigenvalue weighted by Gasteiger charge is 2.27. The number of carbonyl (C=O) groups excluding carboxylic acids is 1. The Morgan fingerprint density at radius 2 is 1.92 bits per heavy atom. The predicted octanol–water partition coefficient (Wildman–Crippen LogP) is 3.29. The Kier molecular flexibility index (Phi) is 5.26. The molecule has 0 spiro atoms. The van der Waals surface area contributed by atoms with Crippen LogP contribution in [0.1, 0.15) is 44.0 Å². The molecule has 1 fully saturated rings. The van der Waals surface area contributed by atoms with Gasteiger partial charge in [0.25, 0.3) is 0 Å². The number of hydrogen-bond donors (Lipinski definition) is 1. The standard InChI is InChI=1S/C19H25N5O/c1-13(2)19(25)24-11-7-15(8-12-24)17-18(21-10-9-20-17)23-16-6-4-5-14(3)22-16/h4-6,9-10,13,15H,7-8,11-12H2,1-3H3,(H,21,22,23). The van der Waals surface area contributed by atoms with E-state index in [2.05, 4.69) is 20.3 Å². The number of nitrogens with zero attached hydrogens (tertiary/aromatic N) is 4. The summed E-state index contributed by atoms with van der Waals surface area (Å²) in [5.41, 5.74) is 1.92. The van der Waals surface area contributed by atoms with E-state index < -0.39 is 0 Å². The third-order valence-corrected chi connectivity index (χ3v) is 4.55. The van der Waals surface area contributed by atoms with Crippen LogP contribution in [0.15, 0.2) is 30.6 Å². The number of likely N-dealkylation sites (tertiary alicyclic amines) is 1. The summed E-state index contributed by atoms with van der Waals surface area (Å²) in [4.78, 5) is 27.6. The van der Waals surface area contributed by atoms with Crippen molar-refractivity contribution in [3.05, 3.63) is 42.0 Å². The first-order valence-electron chi connectivity index (χ1n) is 8.85. The van der Waals surface area contributed by atoms with Gasteiger partial charge in [-0.1, -0.05) is 19.9 Å². The van der Waals surface area contributed by atoms with Gasteiger partial charge in [0.2, 0.25) is 5.91 Å². The van der Waals surface area contributed by atoms with Crippen LogP contribution in [0.4, 0.5) is 11.6 Å². The van der Waals surface area contributed by atoms with Gasteiger partial charge in [-0.2, -0.15) is 0 Å². The zero-order valence-electron chi connectivity index (χ0n) is 15.1. The molecule has 2 aromatic rings. The van der Waals surface area contributed by atoms with Crippen molar-refractivity contribution >= 4 is 17.5 Å². The lowest BCUT2D eigenvalue weighted by Crippen LogP contribution is -2.40. The second-order valence-electron chi connectivity index (χ2n) is 6.83. The molecule has 1 amide bonds. The molecule has 2 aromatic heterocycles. The quantitative estimate of drug-likeness (QED) is 0.925. The number of amides is 1. The Hall–Kier alpha value is -2.50. The van der Waals surface area contributed by atoms with E-state index in [-0.39, 0.29) is 11.8 Å². The summed E-state index contributed by atoms with van der Waals surface area (Å²) in [6.45, 7) is 7.42. The number of anilines is 2. The van der Waals surface area contributed by atoms with Crippen LogP contribution in [0.25, 0.3) is 0 Å². The molecule has 0 unspecified atom stereocenters. The van der Waals surface area contributed by atoms with Crippen molar-refractivity contribution in [1.29, 1.82) is 0 Å². The normalized spacial score (nSPS) is 15.4. The lowest BCUT2D eigenvalue weighted by molar-refractivity contribution is -0.135. The fourth-order valence-electron chi connectivity index (χ4n) is 3.22. The van der Waals surface area contributed by atoms with E-state index in [4.69, 9.17) is 0 Å². The van der Waals surface area contributed by atoms with Crippen LogP contribution < -0.4 is 5.32 Å². The van der Waals surface area contributed by atoms with E-state index in [1.54, 1.807) is 12.4 Å². The van der Waals surface area contributed by atoms with Crippen molar-refractivity contribution in [2.24, 2.45) is 5.92 Å². The molecule has 0 aromatic carbocycles. The molecule has 1 saturated heterocycles. The minimum absolute atomic E-state index is 0.0534. The molecule has 0 atom stereocenters. The summed E-state index contributed by atoms with van der Waals surface area (Å²) in [5.74, 6) is 2.12. The topological polar surface area (TPSA) is 71.0 Å². The molecule has 0 saturated carbocycles. The Morgan fingerprint density at radius 1 is 1.20 bits per heavy atom. The predicted molar refractivity (Wildman–Crippen MR) is 97.7 cm³/mol. The summed E-state index contributed by atoms with van der Waals surface area (Å²) in [5, 5.41) is 3.30. The van der Waals surface area contributed by atoms with Crippen LogP contribution in [0.2, 0.25) is 0 Å². The van der Waals surface area contributed by atoms with Crippen LogP contribution in [0.3, 0.4) is 0 Å². The highest BCUT2D eigenvalue weighted by atomic mass is 16.2. The van der Waals surface area contributed by atoms with E-state index in [1.165, 1.54) is 0 Å². The first-order chi connectivity index (χ1) is 12.0. The molecule has 6 nitrogen and oxygen atoms in total. The molecule has 0 aliphatic carbocycles. The number of rotatable bonds is 4. The van der Waals surface area contributed by atoms with Crippen molar-refractivity contribution < 1.29 is 4.79 Å². The summed E-state index contributed by atoms with van der Waals surface area (Å²) < 4.78 is 0. The number of piperidine rings is 1. The van der Waals surface area contributed by atoms with Crippen molar-refractivity contribution in [2.45, 2.75) is 39.5 Å². The smallest absolute Gasteiger partial charge is 0.225 e. The Balaban J connectivity index is 1.73. The largest absolute Gasteiger partial charge is 0.342 e. The van der Waals surface area contributed by atoms with Gasteiger partial charge in [0.05, 0.1) is 5.69 Å². The lowest BCUT2D eigenvalue weighted by Gasteiger charge is -2.33. The molecule has 6 heteroatoms. The van der Waals surface area contributed by atoms with E-state index in [9.17, 15) is 4.79 Å². The van der Waals surface area contributed by atoms with Crippen LogP contribution in [0.5, 0.6) is 0 Å². The maximum absolute atomic E-state index is 12.2. The number of aryl methyl sites for hydroxylation is 1. The molecule has 1 N–H and O–H groups in total. The third-order valence-electron chi connectivity index (χ3n) is 4.55. The highest BCUT2D eigenvalue weighted by molar-refractivity contribution is 5.78. The third kappa shape index (κ3) is 4.13. The number of carbonyl (C=O) groups is 1. The van der Waals surface area contributed by atoms with Gasteiger partial charge in [0.15, 0.2) is 5.82 Å². The molecule has 25 heavy (non-hydrogen) atoms. The fraction of sp³-hybridized carbons (Fsp3) is 0.474. The van der Waals surface area contributed by atoms with Crippen LogP contribution in [-0.4, -0.2) is 38.8 Å². The summed E-state index contributed by atoms with van der Waals surface area (Å²) in [7, 11) is 0. The molecule has 0 bridgehead atoms. The molecular weight excluding hydrogens is 314 g/mol. The van der Waals surface area contributed by atoms with Gasteiger partial charge in [-0.05, 0) is 31.9 Å². The molecule has 0 radical (unpaired) electrons. The van der Waals surface area contributed by atoms with E-state index in [0.29, 0.717) is 5.92 Å². The Morgan fingerprint density at radius 3 is 2.60 bits per heavy atom. The molecule has 3 heterocycles. The van der Waals surface area contributed by atoms with Crippen LogP contribution in [-0.2, 0) is 4.79 Å². The van der Waals surface area contributed by atoms with Gasteiger partial charge in [-0.3, -0.25) is 9.78 Å². The first kappa shape index (κ1) is 17.3. The fourth-order valence-corrected chi connectivity index (χ4v) is 3.22. The van der Waals surface area contributed by atoms with Gasteiger partial charge < -0.3 is 10.2 Å². The zero-order chi connectivity index (χ0) is 17.8. The summed E-state index contributed by atoms with van der Waals surface area (Å²) in [6, 6.07) is 5.86. The Labute approximate surface area is 148 Å². The second-order valence-corrected chi connectivity index (χ2v) is 6.83. The van der Waals surface area contributed by atoms with Gasteiger partial charge >= 0.3 is 0 Å². The number of pyridine rings is 1. The molecular formula is C19H25N5O. The van der Waals surface area contributed by atoms with Gasteiger partial charge in [-0.15, -0.1) is 0 Å². The SMILES string of the molecule is Cc1cccc(Nc2nccnc2C2CCN(C(=O)C(C)C)CC2)n1. The summed E-state index contributed by atoms with van der Waals surface area (Å²) >= 11 is 0. The minimum atomic E-state index is 0.0534. The van der Waals surface area contributed by atoms with Gasteiger partial charge in [0.1, 0.15) is 5.82 Å². The van der Waals surface area contributed by atoms with Gasteiger partial charge in [0, 0.05) is 43.0 Å². The number of aromatic nitrogens is 3. The number of nitrogens with one attached hydrogen (secondary N) is 1. The molecule has 1 aliphatic rings. The maximum atomic E-state index is 12.2. The van der Waals surface area contributed by atoms with Crippen molar-refractivity contribution in [1.82, 2.24) is 19.9 Å². The van der Waals surface area contributed by atoms with Crippen molar-refractivity contribution in [3.63, 3.8) is 0 Å². The number of hydrogen-bond acceptors (Lipinski definition) is 5. The first-order valence-corrected chi connectivity index (χ1v) is 8.85. The van der Waals surface area contributed by atoms with Crippen LogP contribution in [0, 0.1) is 12.8 Å². The average Bonchev–Trinajstić information content (AvgIpc) is 2.62. The second kappa shape index (κ2) is 7.59. The maximum Gasteiger partial charge on any atom is 0.225 e. The van der Waals surface area contributed by atoms with E-state index in [0.717, 1.165) is 49.0 Å². The highest BCUT2D eigenvalue weighted by Crippen LogP contribution is 2.31. The molecule has 3 rings (SSSR count). The van der Waals surface area contributed by atoms with E-state index >= 15 is 0 Å². The molecule has 1 aliphatic heterocycles. The van der Waals surface area contributed by atoms with Gasteiger partial charge in [-0.25, -0.2) is 9.97 Å². The lowest BCUT2D eigenvalue weighted by atomic mass is 9.92. The zero-order valence-corrected chi connectivity index (χ0v) is 15.1. The molecule has 132 valence electrons. The van der Waals surface area contributed by atoms with E-state index in [1.807, 2.05) is 43.9 Å². The minimum Gasteiger partial charge on any atom is -0.342 e. The average molecular weight is 339 g/mol. The summed E-state index contributed by atoms with van der Waals surface area (Å²) in [6.07, 6.45) is 5.25. The Bertz CT molecular complexity index is 738. The van der Waals surface area contributed by atoms with Crippen molar-refractivity contribution in [3.8, 4) is 0 Å². The monoisotopic (exact) mass is 339 g/mol. The van der Waals surface area contributed by atoms with Crippen molar-refractivity contribution in [2.75, 3.05) is 18.4 Å².